The van der Waals surface area contributed by atoms with Crippen LogP contribution in [0.3, 0.4) is 0 Å². The number of rotatable bonds is 6. The summed E-state index contributed by atoms with van der Waals surface area (Å²) in [5, 5.41) is 16.5. The number of methoxy groups -OCH3 is 1. The zero-order valence-corrected chi connectivity index (χ0v) is 13.0. The van der Waals surface area contributed by atoms with Gasteiger partial charge in [0.05, 0.1) is 13.3 Å². The molecule has 3 N–H and O–H groups in total. The molecule has 6 heteroatoms. The molecular weight excluding hydrogens is 294 g/mol. The lowest BCUT2D eigenvalue weighted by Crippen LogP contribution is -2.34. The summed E-state index contributed by atoms with van der Waals surface area (Å²) in [7, 11) is 1.60. The van der Waals surface area contributed by atoms with Gasteiger partial charge in [0.1, 0.15) is 17.5 Å². The highest BCUT2D eigenvalue weighted by Crippen LogP contribution is 2.16. The number of amides is 1. The molecule has 6 nitrogen and oxygen atoms in total. The van der Waals surface area contributed by atoms with Crippen LogP contribution in [0.1, 0.15) is 12.5 Å². The van der Waals surface area contributed by atoms with Crippen molar-refractivity contribution in [3.05, 3.63) is 54.1 Å². The first-order chi connectivity index (χ1) is 11.1. The monoisotopic (exact) mass is 313 g/mol. The minimum atomic E-state index is -0.468. The molecule has 2 aromatic rings. The number of ether oxygens (including phenoxy) is 1. The Morgan fingerprint density at radius 3 is 2.57 bits per heavy atom. The summed E-state index contributed by atoms with van der Waals surface area (Å²) in [6.07, 6.45) is 1.40. The standard InChI is InChI=1S/C17H19N3O3/c1-12(19-14-7-9-15(23-2)10-8-14)17(22)20-18-11-13-5-3-4-6-16(13)21/h3-12,19,21H,1-2H3,(H,20,22)/b18-11+/t12-/m0/s1. The van der Waals surface area contributed by atoms with Crippen molar-refractivity contribution in [2.45, 2.75) is 13.0 Å². The van der Waals surface area contributed by atoms with Gasteiger partial charge in [0.25, 0.3) is 5.91 Å². The van der Waals surface area contributed by atoms with Crippen molar-refractivity contribution in [2.24, 2.45) is 5.10 Å². The van der Waals surface area contributed by atoms with Gasteiger partial charge in [-0.25, -0.2) is 5.43 Å². The molecule has 0 aliphatic rings. The van der Waals surface area contributed by atoms with Crippen molar-refractivity contribution < 1.29 is 14.6 Å². The van der Waals surface area contributed by atoms with E-state index in [1.807, 2.05) is 24.3 Å². The van der Waals surface area contributed by atoms with Crippen LogP contribution < -0.4 is 15.5 Å². The Hall–Kier alpha value is -3.02. The van der Waals surface area contributed by atoms with E-state index < -0.39 is 6.04 Å². The molecule has 0 aliphatic heterocycles. The molecule has 0 fully saturated rings. The number of phenols is 1. The highest BCUT2D eigenvalue weighted by molar-refractivity contribution is 5.87. The lowest BCUT2D eigenvalue weighted by Gasteiger charge is -2.13. The number of benzene rings is 2. The summed E-state index contributed by atoms with van der Waals surface area (Å²) in [5.41, 5.74) is 3.77. The Balaban J connectivity index is 1.88. The summed E-state index contributed by atoms with van der Waals surface area (Å²) < 4.78 is 5.08. The summed E-state index contributed by atoms with van der Waals surface area (Å²) in [6, 6.07) is 13.5. The summed E-state index contributed by atoms with van der Waals surface area (Å²) in [4.78, 5) is 12.0. The van der Waals surface area contributed by atoms with E-state index in [1.54, 1.807) is 38.3 Å². The van der Waals surface area contributed by atoms with Crippen LogP contribution in [0.25, 0.3) is 0 Å². The first kappa shape index (κ1) is 16.4. The van der Waals surface area contributed by atoms with Gasteiger partial charge >= 0.3 is 0 Å². The number of nitrogens with zero attached hydrogens (tertiary/aromatic N) is 1. The summed E-state index contributed by atoms with van der Waals surface area (Å²) in [6.45, 7) is 1.73. The number of aromatic hydroxyl groups is 1. The molecule has 23 heavy (non-hydrogen) atoms. The van der Waals surface area contributed by atoms with Gasteiger partial charge in [0.2, 0.25) is 0 Å². The van der Waals surface area contributed by atoms with E-state index in [-0.39, 0.29) is 11.7 Å². The molecule has 0 aliphatic carbocycles. The van der Waals surface area contributed by atoms with E-state index >= 15 is 0 Å². The smallest absolute Gasteiger partial charge is 0.262 e. The van der Waals surface area contributed by atoms with Crippen LogP contribution in [0.15, 0.2) is 53.6 Å². The van der Waals surface area contributed by atoms with Crippen LogP contribution in [0, 0.1) is 0 Å². The Morgan fingerprint density at radius 1 is 1.22 bits per heavy atom. The van der Waals surface area contributed by atoms with Gasteiger partial charge in [-0.1, -0.05) is 12.1 Å². The molecule has 0 heterocycles. The maximum atomic E-state index is 12.0. The minimum absolute atomic E-state index is 0.106. The second kappa shape index (κ2) is 7.84. The van der Waals surface area contributed by atoms with Crippen molar-refractivity contribution in [1.82, 2.24) is 5.43 Å². The highest BCUT2D eigenvalue weighted by Gasteiger charge is 2.11. The Morgan fingerprint density at radius 2 is 1.91 bits per heavy atom. The molecule has 2 aromatic carbocycles. The molecule has 0 bridgehead atoms. The van der Waals surface area contributed by atoms with Crippen molar-refractivity contribution in [1.29, 1.82) is 0 Å². The molecule has 0 radical (unpaired) electrons. The molecule has 1 amide bonds. The zero-order valence-electron chi connectivity index (χ0n) is 13.0. The van der Waals surface area contributed by atoms with Gasteiger partial charge < -0.3 is 15.2 Å². The SMILES string of the molecule is COc1ccc(N[C@@H](C)C(=O)N/N=C/c2ccccc2O)cc1. The third-order valence-electron chi connectivity index (χ3n) is 3.18. The first-order valence-corrected chi connectivity index (χ1v) is 7.11. The van der Waals surface area contributed by atoms with Crippen LogP contribution in [0.2, 0.25) is 0 Å². The average Bonchev–Trinajstić information content (AvgIpc) is 2.57. The van der Waals surface area contributed by atoms with Gasteiger partial charge in [0, 0.05) is 11.3 Å². The van der Waals surface area contributed by atoms with E-state index in [1.165, 1.54) is 6.21 Å². The molecule has 0 unspecified atom stereocenters. The normalized spacial score (nSPS) is 11.9. The predicted molar refractivity (Wildman–Crippen MR) is 89.9 cm³/mol. The second-order valence-corrected chi connectivity index (χ2v) is 4.89. The Labute approximate surface area is 134 Å². The van der Waals surface area contributed by atoms with Gasteiger partial charge in [0.15, 0.2) is 0 Å². The number of carbonyl (C=O) groups excluding carboxylic acids is 1. The third kappa shape index (κ3) is 4.74. The lowest BCUT2D eigenvalue weighted by atomic mass is 10.2. The molecular formula is C17H19N3O3. The van der Waals surface area contributed by atoms with Gasteiger partial charge in [-0.15, -0.1) is 0 Å². The van der Waals surface area contributed by atoms with Crippen molar-refractivity contribution in [2.75, 3.05) is 12.4 Å². The van der Waals surface area contributed by atoms with Crippen molar-refractivity contribution >= 4 is 17.8 Å². The van der Waals surface area contributed by atoms with E-state index in [0.29, 0.717) is 5.56 Å². The van der Waals surface area contributed by atoms with Crippen LogP contribution in [-0.2, 0) is 4.79 Å². The van der Waals surface area contributed by atoms with E-state index in [0.717, 1.165) is 11.4 Å². The fourth-order valence-corrected chi connectivity index (χ4v) is 1.86. The molecule has 120 valence electrons. The highest BCUT2D eigenvalue weighted by atomic mass is 16.5. The molecule has 0 spiro atoms. The Bertz CT molecular complexity index is 684. The maximum Gasteiger partial charge on any atom is 0.262 e. The zero-order chi connectivity index (χ0) is 16.7. The predicted octanol–water partition coefficient (Wildman–Crippen LogP) is 2.35. The van der Waals surface area contributed by atoms with Gasteiger partial charge in [-0.05, 0) is 43.3 Å². The summed E-state index contributed by atoms with van der Waals surface area (Å²) in [5.74, 6) is 0.572. The molecule has 0 saturated heterocycles. The third-order valence-corrected chi connectivity index (χ3v) is 3.18. The lowest BCUT2D eigenvalue weighted by molar-refractivity contribution is -0.121. The van der Waals surface area contributed by atoms with Gasteiger partial charge in [-0.2, -0.15) is 5.10 Å². The number of carbonyl (C=O) groups is 1. The van der Waals surface area contributed by atoms with E-state index in [9.17, 15) is 9.90 Å². The topological polar surface area (TPSA) is 83.0 Å². The molecule has 0 saturated carbocycles. The number of anilines is 1. The number of nitrogens with one attached hydrogen (secondary N) is 2. The average molecular weight is 313 g/mol. The van der Waals surface area contributed by atoms with Crippen molar-refractivity contribution in [3.8, 4) is 11.5 Å². The minimum Gasteiger partial charge on any atom is -0.507 e. The van der Waals surface area contributed by atoms with E-state index in [4.69, 9.17) is 4.74 Å². The van der Waals surface area contributed by atoms with Gasteiger partial charge in [-0.3, -0.25) is 4.79 Å². The van der Waals surface area contributed by atoms with Crippen LogP contribution in [0.5, 0.6) is 11.5 Å². The first-order valence-electron chi connectivity index (χ1n) is 7.11. The fourth-order valence-electron chi connectivity index (χ4n) is 1.86. The quantitative estimate of drug-likeness (QED) is 0.565. The second-order valence-electron chi connectivity index (χ2n) is 4.89. The number of hydrogen-bond donors (Lipinski definition) is 3. The molecule has 1 atom stereocenters. The number of phenolic OH excluding ortho intramolecular Hbond substituents is 1. The largest absolute Gasteiger partial charge is 0.507 e. The fraction of sp³-hybridized carbons (Fsp3) is 0.176. The molecule has 2 rings (SSSR count). The Kier molecular flexibility index (Phi) is 5.57. The van der Waals surface area contributed by atoms with Crippen LogP contribution in [0.4, 0.5) is 5.69 Å². The van der Waals surface area contributed by atoms with Crippen LogP contribution >= 0.6 is 0 Å². The van der Waals surface area contributed by atoms with Crippen LogP contribution in [-0.4, -0.2) is 30.4 Å². The van der Waals surface area contributed by atoms with Crippen molar-refractivity contribution in [3.63, 3.8) is 0 Å². The summed E-state index contributed by atoms with van der Waals surface area (Å²) >= 11 is 0. The number of para-hydroxylation sites is 1. The molecule has 0 aromatic heterocycles. The number of hydrazone groups is 1. The van der Waals surface area contributed by atoms with E-state index in [2.05, 4.69) is 15.8 Å². The maximum absolute atomic E-state index is 12.0. The number of hydrogen-bond acceptors (Lipinski definition) is 5.